The maximum Gasteiger partial charge on any atom is 0.304 e. The van der Waals surface area contributed by atoms with E-state index in [2.05, 4.69) is 25.7 Å². The van der Waals surface area contributed by atoms with Crippen LogP contribution in [0.25, 0.3) is 0 Å². The van der Waals surface area contributed by atoms with Gasteiger partial charge in [0.15, 0.2) is 0 Å². The molecule has 0 aromatic heterocycles. The van der Waals surface area contributed by atoms with Crippen molar-refractivity contribution in [2.75, 3.05) is 13.2 Å². The summed E-state index contributed by atoms with van der Waals surface area (Å²) in [5.74, 6) is -0.709. The van der Waals surface area contributed by atoms with Crippen molar-refractivity contribution in [1.82, 2.24) is 4.90 Å². The van der Waals surface area contributed by atoms with E-state index in [1.54, 1.807) is 0 Å². The van der Waals surface area contributed by atoms with Gasteiger partial charge in [-0.15, -0.1) is 0 Å². The van der Waals surface area contributed by atoms with Gasteiger partial charge in [0.2, 0.25) is 0 Å². The lowest BCUT2D eigenvalue weighted by atomic mass is 9.73. The highest BCUT2D eigenvalue weighted by Gasteiger charge is 2.45. The summed E-state index contributed by atoms with van der Waals surface area (Å²) in [4.78, 5) is 13.2. The van der Waals surface area contributed by atoms with Gasteiger partial charge >= 0.3 is 5.97 Å². The minimum Gasteiger partial charge on any atom is -0.481 e. The normalized spacial score (nSPS) is 26.4. The van der Waals surface area contributed by atoms with Gasteiger partial charge < -0.3 is 9.84 Å². The third-order valence-corrected chi connectivity index (χ3v) is 4.60. The summed E-state index contributed by atoms with van der Waals surface area (Å²) in [6.07, 6.45) is 5.96. The summed E-state index contributed by atoms with van der Waals surface area (Å²) >= 11 is 0. The highest BCUT2D eigenvalue weighted by molar-refractivity contribution is 5.66. The number of rotatable bonds is 4. The fourth-order valence-corrected chi connectivity index (χ4v) is 3.47. The van der Waals surface area contributed by atoms with Crippen LogP contribution in [0.1, 0.15) is 59.3 Å². The molecule has 0 radical (unpaired) electrons. The number of carbonyl (C=O) groups is 1. The summed E-state index contributed by atoms with van der Waals surface area (Å²) in [7, 11) is 0. The van der Waals surface area contributed by atoms with Gasteiger partial charge in [0.1, 0.15) is 0 Å². The van der Waals surface area contributed by atoms with E-state index in [-0.39, 0.29) is 17.6 Å². The molecule has 1 spiro atoms. The highest BCUT2D eigenvalue weighted by atomic mass is 16.5. The van der Waals surface area contributed by atoms with E-state index in [4.69, 9.17) is 9.84 Å². The fourth-order valence-electron chi connectivity index (χ4n) is 3.47. The van der Waals surface area contributed by atoms with Crippen molar-refractivity contribution < 1.29 is 14.6 Å². The Kier molecular flexibility index (Phi) is 4.21. The molecule has 1 atom stereocenters. The van der Waals surface area contributed by atoms with Crippen LogP contribution in [0, 0.1) is 0 Å². The third kappa shape index (κ3) is 3.48. The van der Waals surface area contributed by atoms with Crippen LogP contribution in [-0.2, 0) is 9.53 Å². The first-order valence-corrected chi connectivity index (χ1v) is 7.45. The molecule has 0 amide bonds. The quantitative estimate of drug-likeness (QED) is 0.852. The second-order valence-electron chi connectivity index (χ2n) is 7.04. The van der Waals surface area contributed by atoms with Crippen LogP contribution in [0.2, 0.25) is 0 Å². The van der Waals surface area contributed by atoms with Crippen LogP contribution in [0.3, 0.4) is 0 Å². The molecule has 4 nitrogen and oxygen atoms in total. The molecule has 1 saturated carbocycles. The molecule has 110 valence electrons. The van der Waals surface area contributed by atoms with Crippen LogP contribution in [0.15, 0.2) is 0 Å². The van der Waals surface area contributed by atoms with Crippen molar-refractivity contribution in [3.63, 3.8) is 0 Å². The molecule has 1 heterocycles. The van der Waals surface area contributed by atoms with Gasteiger partial charge in [0.05, 0.1) is 12.0 Å². The van der Waals surface area contributed by atoms with Gasteiger partial charge in [0.25, 0.3) is 0 Å². The number of aliphatic carboxylic acids is 1. The Hall–Kier alpha value is -0.610. The lowest BCUT2D eigenvalue weighted by molar-refractivity contribution is -0.156. The Morgan fingerprint density at radius 3 is 2.58 bits per heavy atom. The molecule has 2 rings (SSSR count). The summed E-state index contributed by atoms with van der Waals surface area (Å²) in [6.45, 7) is 8.00. The Morgan fingerprint density at radius 2 is 2.11 bits per heavy atom. The van der Waals surface area contributed by atoms with Gasteiger partial charge in [-0.2, -0.15) is 0 Å². The monoisotopic (exact) mass is 269 g/mol. The van der Waals surface area contributed by atoms with E-state index in [1.165, 1.54) is 19.3 Å². The van der Waals surface area contributed by atoms with E-state index >= 15 is 0 Å². The molecule has 1 N–H and O–H groups in total. The molecular formula is C15H27NO3. The summed E-state index contributed by atoms with van der Waals surface area (Å²) in [6, 6.07) is 0.466. The molecule has 1 aliphatic heterocycles. The molecular weight excluding hydrogens is 242 g/mol. The zero-order chi connectivity index (χ0) is 14.1. The second kappa shape index (κ2) is 5.41. The molecule has 4 heteroatoms. The first-order chi connectivity index (χ1) is 8.82. The SMILES string of the molecule is CC(C)(C)N(CCC(=O)O)C1CCOC2(CCC2)C1. The molecule has 1 aliphatic carbocycles. The average Bonchev–Trinajstić information content (AvgIpc) is 2.25. The van der Waals surface area contributed by atoms with Crippen molar-refractivity contribution >= 4 is 5.97 Å². The van der Waals surface area contributed by atoms with Crippen LogP contribution >= 0.6 is 0 Å². The van der Waals surface area contributed by atoms with E-state index in [0.717, 1.165) is 19.4 Å². The smallest absolute Gasteiger partial charge is 0.304 e. The van der Waals surface area contributed by atoms with Gasteiger partial charge in [-0.1, -0.05) is 0 Å². The Balaban J connectivity index is 2.02. The predicted octanol–water partition coefficient (Wildman–Crippen LogP) is 2.66. The lowest BCUT2D eigenvalue weighted by Crippen LogP contribution is -2.56. The van der Waals surface area contributed by atoms with E-state index < -0.39 is 5.97 Å². The molecule has 1 saturated heterocycles. The molecule has 0 aromatic rings. The number of nitrogens with zero attached hydrogens (tertiary/aromatic N) is 1. The first kappa shape index (κ1) is 14.8. The van der Waals surface area contributed by atoms with Gasteiger partial charge in [0, 0.05) is 24.7 Å². The van der Waals surface area contributed by atoms with Crippen LogP contribution < -0.4 is 0 Å². The fraction of sp³-hybridized carbons (Fsp3) is 0.933. The van der Waals surface area contributed by atoms with E-state index in [9.17, 15) is 4.79 Å². The van der Waals surface area contributed by atoms with Crippen molar-refractivity contribution in [2.45, 2.75) is 76.5 Å². The summed E-state index contributed by atoms with van der Waals surface area (Å²) in [5.41, 5.74) is 0.137. The molecule has 0 bridgehead atoms. The standard InChI is InChI=1S/C15H27NO3/c1-14(2,3)16(9-5-13(17)18)12-6-10-19-15(11-12)7-4-8-15/h12H,4-11H2,1-3H3,(H,17,18). The first-order valence-electron chi connectivity index (χ1n) is 7.45. The van der Waals surface area contributed by atoms with Crippen molar-refractivity contribution in [3.8, 4) is 0 Å². The number of hydrogen-bond acceptors (Lipinski definition) is 3. The zero-order valence-electron chi connectivity index (χ0n) is 12.4. The van der Waals surface area contributed by atoms with Crippen molar-refractivity contribution in [2.24, 2.45) is 0 Å². The maximum absolute atomic E-state index is 10.9. The highest BCUT2D eigenvalue weighted by Crippen LogP contribution is 2.44. The minimum atomic E-state index is -0.709. The van der Waals surface area contributed by atoms with Crippen molar-refractivity contribution in [1.29, 1.82) is 0 Å². The molecule has 2 fully saturated rings. The van der Waals surface area contributed by atoms with Crippen LogP contribution in [0.4, 0.5) is 0 Å². The number of ether oxygens (including phenoxy) is 1. The molecule has 2 aliphatic rings. The van der Waals surface area contributed by atoms with Crippen molar-refractivity contribution in [3.05, 3.63) is 0 Å². The predicted molar refractivity (Wildman–Crippen MR) is 74.3 cm³/mol. The summed E-state index contributed by atoms with van der Waals surface area (Å²) in [5, 5.41) is 8.94. The van der Waals surface area contributed by atoms with E-state index in [0.29, 0.717) is 12.6 Å². The summed E-state index contributed by atoms with van der Waals surface area (Å²) < 4.78 is 5.98. The molecule has 0 aromatic carbocycles. The van der Waals surface area contributed by atoms with Gasteiger partial charge in [-0.05, 0) is 52.9 Å². The Bertz CT molecular complexity index is 331. The average molecular weight is 269 g/mol. The minimum absolute atomic E-state index is 0.0163. The van der Waals surface area contributed by atoms with Crippen LogP contribution in [-0.4, -0.2) is 46.3 Å². The number of carboxylic acids is 1. The van der Waals surface area contributed by atoms with Gasteiger partial charge in [-0.3, -0.25) is 9.69 Å². The largest absolute Gasteiger partial charge is 0.481 e. The molecule has 1 unspecified atom stereocenters. The number of carboxylic acid groups (broad SMARTS) is 1. The second-order valence-corrected chi connectivity index (χ2v) is 7.04. The third-order valence-electron chi connectivity index (χ3n) is 4.60. The zero-order valence-corrected chi connectivity index (χ0v) is 12.4. The molecule has 19 heavy (non-hydrogen) atoms. The lowest BCUT2D eigenvalue weighted by Gasteiger charge is -2.52. The van der Waals surface area contributed by atoms with E-state index in [1.807, 2.05) is 0 Å². The Morgan fingerprint density at radius 1 is 1.42 bits per heavy atom. The van der Waals surface area contributed by atoms with Crippen LogP contribution in [0.5, 0.6) is 0 Å². The maximum atomic E-state index is 10.9. The topological polar surface area (TPSA) is 49.8 Å². The number of hydrogen-bond donors (Lipinski definition) is 1. The Labute approximate surface area is 116 Å². The van der Waals surface area contributed by atoms with Gasteiger partial charge in [-0.25, -0.2) is 0 Å².